The van der Waals surface area contributed by atoms with E-state index in [0.717, 1.165) is 16.9 Å². The normalized spacial score (nSPS) is 31.4. The Balaban J connectivity index is 2.08. The molecule has 0 amide bonds. The summed E-state index contributed by atoms with van der Waals surface area (Å²) in [6.07, 6.45) is 2.98. The number of hydrogen-bond donors (Lipinski definition) is 0. The topological polar surface area (TPSA) is 102 Å². The Hall–Kier alpha value is -1.45. The van der Waals surface area contributed by atoms with E-state index in [1.165, 1.54) is 6.33 Å². The van der Waals surface area contributed by atoms with Gasteiger partial charge in [-0.2, -0.15) is 0 Å². The zero-order valence-corrected chi connectivity index (χ0v) is 14.7. The Morgan fingerprint density at radius 2 is 2.23 bits per heavy atom. The van der Waals surface area contributed by atoms with Crippen LogP contribution < -0.4 is 0 Å². The molecule has 3 rings (SSSR count). The third-order valence-corrected chi connectivity index (χ3v) is 5.59. The van der Waals surface area contributed by atoms with E-state index in [-0.39, 0.29) is 18.1 Å². The summed E-state index contributed by atoms with van der Waals surface area (Å²) in [7, 11) is 0. The van der Waals surface area contributed by atoms with E-state index in [2.05, 4.69) is 61.4 Å². The number of imidazole rings is 1. The molecule has 2 aromatic heterocycles. The van der Waals surface area contributed by atoms with Crippen LogP contribution in [0.25, 0.3) is 21.6 Å². The Morgan fingerprint density at radius 1 is 1.45 bits per heavy atom. The van der Waals surface area contributed by atoms with Gasteiger partial charge in [0.25, 0.3) is 0 Å². The van der Waals surface area contributed by atoms with E-state index < -0.39 is 5.72 Å². The number of fused-ring (bicyclic) bond motifs is 1. The first kappa shape index (κ1) is 15.4. The number of aromatic nitrogens is 4. The van der Waals surface area contributed by atoms with Crippen LogP contribution in [0.4, 0.5) is 0 Å². The van der Waals surface area contributed by atoms with Crippen molar-refractivity contribution in [3.8, 4) is 0 Å². The Labute approximate surface area is 141 Å². The summed E-state index contributed by atoms with van der Waals surface area (Å²) in [4.78, 5) is 15.9. The minimum absolute atomic E-state index is 0.0886. The van der Waals surface area contributed by atoms with Crippen molar-refractivity contribution in [1.82, 2.24) is 19.5 Å². The highest BCUT2D eigenvalue weighted by Gasteiger charge is 2.51. The standard InChI is InChI=1S/C13H16IN7O/c1-7-8(2)13(4-14,19-20-15)22-12(7)21-6-18-10-9(3)16-5-17-11(10)21/h5-8,12H,4H2,1-3H3/t7-,8+,12-,13-/m1/s1. The number of aryl methyl sites for hydroxylation is 1. The lowest BCUT2D eigenvalue weighted by Gasteiger charge is -2.25. The summed E-state index contributed by atoms with van der Waals surface area (Å²) >= 11 is 2.20. The molecular weight excluding hydrogens is 397 g/mol. The molecule has 1 saturated heterocycles. The molecule has 4 atom stereocenters. The quantitative estimate of drug-likeness (QED) is 0.253. The minimum atomic E-state index is -0.835. The lowest BCUT2D eigenvalue weighted by Crippen LogP contribution is -2.34. The highest BCUT2D eigenvalue weighted by atomic mass is 127. The molecule has 0 saturated carbocycles. The summed E-state index contributed by atoms with van der Waals surface area (Å²) in [5.41, 5.74) is 10.4. The van der Waals surface area contributed by atoms with Crippen LogP contribution in [0.3, 0.4) is 0 Å². The molecule has 9 heteroatoms. The SMILES string of the molecule is Cc1ncnc2c1ncn2[C@@H]1O[C@@](CI)(N=[N+]=[N-])[C@@H](C)[C@H]1C. The van der Waals surface area contributed by atoms with Gasteiger partial charge >= 0.3 is 0 Å². The van der Waals surface area contributed by atoms with Gasteiger partial charge in [-0.25, -0.2) is 15.0 Å². The highest BCUT2D eigenvalue weighted by molar-refractivity contribution is 14.1. The molecule has 2 aromatic rings. The molecule has 3 heterocycles. The molecule has 8 nitrogen and oxygen atoms in total. The smallest absolute Gasteiger partial charge is 0.165 e. The maximum atomic E-state index is 8.89. The number of alkyl halides is 1. The van der Waals surface area contributed by atoms with Gasteiger partial charge < -0.3 is 4.74 Å². The lowest BCUT2D eigenvalue weighted by atomic mass is 9.90. The molecule has 0 aliphatic carbocycles. The first-order chi connectivity index (χ1) is 10.5. The summed E-state index contributed by atoms with van der Waals surface area (Å²) in [6.45, 7) is 6.05. The van der Waals surface area contributed by atoms with Crippen molar-refractivity contribution >= 4 is 33.8 Å². The average molecular weight is 413 g/mol. The summed E-state index contributed by atoms with van der Waals surface area (Å²) < 4.78 is 8.69. The second kappa shape index (κ2) is 5.64. The number of hydrogen-bond acceptors (Lipinski definition) is 5. The van der Waals surface area contributed by atoms with Crippen LogP contribution in [0.15, 0.2) is 17.8 Å². The van der Waals surface area contributed by atoms with Crippen LogP contribution in [0.5, 0.6) is 0 Å². The van der Waals surface area contributed by atoms with Crippen molar-refractivity contribution in [3.05, 3.63) is 28.8 Å². The number of nitrogens with zero attached hydrogens (tertiary/aromatic N) is 7. The van der Waals surface area contributed by atoms with E-state index >= 15 is 0 Å². The molecule has 1 fully saturated rings. The van der Waals surface area contributed by atoms with Gasteiger partial charge in [0.05, 0.1) is 12.0 Å². The van der Waals surface area contributed by atoms with Gasteiger partial charge in [-0.05, 0) is 18.4 Å². The van der Waals surface area contributed by atoms with Crippen LogP contribution in [0.2, 0.25) is 0 Å². The molecule has 0 spiro atoms. The third-order valence-electron chi connectivity index (χ3n) is 4.50. The largest absolute Gasteiger partial charge is 0.344 e. The number of halogens is 1. The van der Waals surface area contributed by atoms with Crippen molar-refractivity contribution in [3.63, 3.8) is 0 Å². The molecule has 0 N–H and O–H groups in total. The zero-order valence-electron chi connectivity index (χ0n) is 12.5. The second-order valence-corrected chi connectivity index (χ2v) is 6.37. The predicted octanol–water partition coefficient (Wildman–Crippen LogP) is 3.38. The molecule has 0 radical (unpaired) electrons. The molecule has 1 aliphatic rings. The average Bonchev–Trinajstić information content (AvgIpc) is 3.04. The van der Waals surface area contributed by atoms with Gasteiger partial charge in [-0.3, -0.25) is 4.57 Å². The van der Waals surface area contributed by atoms with Crippen molar-refractivity contribution < 1.29 is 4.74 Å². The molecule has 0 aromatic carbocycles. The highest BCUT2D eigenvalue weighted by Crippen LogP contribution is 2.48. The summed E-state index contributed by atoms with van der Waals surface area (Å²) in [5, 5.41) is 3.95. The molecule has 1 aliphatic heterocycles. The molecule has 22 heavy (non-hydrogen) atoms. The van der Waals surface area contributed by atoms with Crippen molar-refractivity contribution in [2.24, 2.45) is 17.0 Å². The van der Waals surface area contributed by atoms with E-state index in [0.29, 0.717) is 4.43 Å². The van der Waals surface area contributed by atoms with Gasteiger partial charge in [0, 0.05) is 15.3 Å². The first-order valence-corrected chi connectivity index (χ1v) is 8.51. The maximum Gasteiger partial charge on any atom is 0.165 e. The van der Waals surface area contributed by atoms with Crippen LogP contribution in [0.1, 0.15) is 25.8 Å². The summed E-state index contributed by atoms with van der Waals surface area (Å²) in [6, 6.07) is 0. The van der Waals surface area contributed by atoms with Gasteiger partial charge in [0.15, 0.2) is 11.4 Å². The van der Waals surface area contributed by atoms with Crippen molar-refractivity contribution in [1.29, 1.82) is 0 Å². The Kier molecular flexibility index (Phi) is 3.96. The third kappa shape index (κ3) is 2.15. The fourth-order valence-corrected chi connectivity index (χ4v) is 3.94. The Bertz CT molecular complexity index is 756. The van der Waals surface area contributed by atoms with Crippen molar-refractivity contribution in [2.75, 3.05) is 4.43 Å². The maximum absolute atomic E-state index is 8.89. The second-order valence-electron chi connectivity index (χ2n) is 5.61. The number of rotatable bonds is 3. The number of azide groups is 1. The minimum Gasteiger partial charge on any atom is -0.344 e. The molecule has 0 bridgehead atoms. The van der Waals surface area contributed by atoms with Gasteiger partial charge in [0.2, 0.25) is 0 Å². The molecule has 0 unspecified atom stereocenters. The van der Waals surface area contributed by atoms with Crippen LogP contribution in [0, 0.1) is 18.8 Å². The van der Waals surface area contributed by atoms with Crippen LogP contribution in [-0.2, 0) is 4.74 Å². The number of ether oxygens (including phenoxy) is 1. The lowest BCUT2D eigenvalue weighted by molar-refractivity contribution is -0.0647. The first-order valence-electron chi connectivity index (χ1n) is 6.98. The van der Waals surface area contributed by atoms with Gasteiger partial charge in [0.1, 0.15) is 18.1 Å². The molecule has 116 valence electrons. The fraction of sp³-hybridized carbons (Fsp3) is 0.615. The van der Waals surface area contributed by atoms with Crippen LogP contribution in [-0.4, -0.2) is 29.7 Å². The van der Waals surface area contributed by atoms with E-state index in [4.69, 9.17) is 10.3 Å². The summed E-state index contributed by atoms with van der Waals surface area (Å²) in [5.74, 6) is 0.249. The van der Waals surface area contributed by atoms with Gasteiger partial charge in [-0.15, -0.1) is 0 Å². The van der Waals surface area contributed by atoms with E-state index in [1.807, 2.05) is 11.5 Å². The fourth-order valence-electron chi connectivity index (χ4n) is 2.92. The zero-order chi connectivity index (χ0) is 15.9. The van der Waals surface area contributed by atoms with Gasteiger partial charge in [-0.1, -0.05) is 41.6 Å². The monoisotopic (exact) mass is 413 g/mol. The van der Waals surface area contributed by atoms with E-state index in [1.54, 1.807) is 6.33 Å². The molecular formula is C13H16IN7O. The predicted molar refractivity (Wildman–Crippen MR) is 89.3 cm³/mol. The Morgan fingerprint density at radius 3 is 2.91 bits per heavy atom. The van der Waals surface area contributed by atoms with E-state index in [9.17, 15) is 0 Å². The van der Waals surface area contributed by atoms with Crippen molar-refractivity contribution in [2.45, 2.75) is 32.7 Å². The van der Waals surface area contributed by atoms with Crippen LogP contribution >= 0.6 is 22.6 Å².